The molecule has 3 N–H and O–H groups in total. The lowest BCUT2D eigenvalue weighted by Gasteiger charge is -2.17. The lowest BCUT2D eigenvalue weighted by atomic mass is 10.0. The summed E-state index contributed by atoms with van der Waals surface area (Å²) in [5, 5.41) is 3.55. The van der Waals surface area contributed by atoms with Crippen molar-refractivity contribution in [3.05, 3.63) is 78.2 Å². The third-order valence-corrected chi connectivity index (χ3v) is 5.18. The van der Waals surface area contributed by atoms with Crippen LogP contribution in [0.3, 0.4) is 0 Å². The number of Topliss-reactive ketones (excluding diaryl/α,β-unsaturated/α-hetero) is 1. The van der Waals surface area contributed by atoms with E-state index < -0.39 is 23.6 Å². The Labute approximate surface area is 183 Å². The van der Waals surface area contributed by atoms with Crippen molar-refractivity contribution in [2.75, 3.05) is 0 Å². The Morgan fingerprint density at radius 3 is 2.66 bits per heavy atom. The Kier molecular flexibility index (Phi) is 5.80. The minimum atomic E-state index is -1.11. The molecule has 0 aliphatic heterocycles. The van der Waals surface area contributed by atoms with Crippen LogP contribution in [0, 0.1) is 6.92 Å². The first-order valence-electron chi connectivity index (χ1n) is 10.0. The lowest BCUT2D eigenvalue weighted by molar-refractivity contribution is -0.137. The molecule has 9 nitrogen and oxygen atoms in total. The van der Waals surface area contributed by atoms with Crippen molar-refractivity contribution in [2.24, 2.45) is 5.73 Å². The number of benzene rings is 1. The second-order valence-corrected chi connectivity index (χ2v) is 7.26. The average Bonchev–Trinajstić information content (AvgIpc) is 3.40. The number of rotatable bonds is 8. The fourth-order valence-electron chi connectivity index (χ4n) is 3.58. The summed E-state index contributed by atoms with van der Waals surface area (Å²) in [6.45, 7) is 1.74. The first kappa shape index (κ1) is 21.0. The van der Waals surface area contributed by atoms with E-state index in [1.54, 1.807) is 42.1 Å². The highest BCUT2D eigenvalue weighted by Crippen LogP contribution is 2.22. The normalized spacial score (nSPS) is 11.9. The Bertz CT molecular complexity index is 1290. The number of para-hydroxylation sites is 1. The smallest absolute Gasteiger partial charge is 0.287 e. The molecule has 3 aromatic heterocycles. The monoisotopic (exact) mass is 431 g/mol. The quantitative estimate of drug-likeness (QED) is 0.411. The van der Waals surface area contributed by atoms with Crippen molar-refractivity contribution in [2.45, 2.75) is 25.8 Å². The van der Waals surface area contributed by atoms with Crippen molar-refractivity contribution >= 4 is 28.6 Å². The first-order chi connectivity index (χ1) is 15.5. The number of imidazole rings is 1. The number of furan rings is 1. The van der Waals surface area contributed by atoms with Gasteiger partial charge in [-0.3, -0.25) is 19.0 Å². The van der Waals surface area contributed by atoms with Crippen LogP contribution in [0.5, 0.6) is 0 Å². The van der Waals surface area contributed by atoms with E-state index in [2.05, 4.69) is 15.3 Å². The summed E-state index contributed by atoms with van der Waals surface area (Å²) in [5.41, 5.74) is 7.01. The van der Waals surface area contributed by atoms with E-state index in [1.807, 2.05) is 24.3 Å². The molecule has 1 unspecified atom stereocenters. The van der Waals surface area contributed by atoms with Gasteiger partial charge in [-0.25, -0.2) is 9.97 Å². The predicted molar refractivity (Wildman–Crippen MR) is 116 cm³/mol. The number of nitrogens with zero attached hydrogens (tertiary/aromatic N) is 3. The SMILES string of the molecule is Cc1ncc(C(=O)NC(CCc2coc3ccccc23)C(=O)C(N)=O)n1-c1ccccn1. The molecule has 9 heteroatoms. The van der Waals surface area contributed by atoms with Crippen LogP contribution < -0.4 is 11.1 Å². The summed E-state index contributed by atoms with van der Waals surface area (Å²) < 4.78 is 7.10. The molecule has 4 rings (SSSR count). The van der Waals surface area contributed by atoms with Crippen molar-refractivity contribution in [3.63, 3.8) is 0 Å². The maximum absolute atomic E-state index is 13.0. The zero-order valence-corrected chi connectivity index (χ0v) is 17.3. The summed E-state index contributed by atoms with van der Waals surface area (Å²) in [6, 6.07) is 11.7. The average molecular weight is 431 g/mol. The van der Waals surface area contributed by atoms with Gasteiger partial charge in [-0.2, -0.15) is 0 Å². The molecule has 0 fully saturated rings. The number of pyridine rings is 1. The number of hydrogen-bond acceptors (Lipinski definition) is 6. The molecule has 0 radical (unpaired) electrons. The minimum Gasteiger partial charge on any atom is -0.464 e. The largest absolute Gasteiger partial charge is 0.464 e. The van der Waals surface area contributed by atoms with E-state index in [0.717, 1.165) is 16.5 Å². The van der Waals surface area contributed by atoms with E-state index in [4.69, 9.17) is 10.2 Å². The van der Waals surface area contributed by atoms with Crippen LogP contribution in [0.15, 0.2) is 65.5 Å². The highest BCUT2D eigenvalue weighted by atomic mass is 16.3. The van der Waals surface area contributed by atoms with Gasteiger partial charge in [-0.15, -0.1) is 0 Å². The summed E-state index contributed by atoms with van der Waals surface area (Å²) in [5.74, 6) is -1.48. The highest BCUT2D eigenvalue weighted by Gasteiger charge is 2.27. The third kappa shape index (κ3) is 4.13. The number of carbonyl (C=O) groups excluding carboxylic acids is 3. The number of aromatic nitrogens is 3. The number of amides is 2. The number of fused-ring (bicyclic) bond motifs is 1. The molecule has 2 amide bonds. The van der Waals surface area contributed by atoms with Crippen LogP contribution in [-0.4, -0.2) is 38.2 Å². The summed E-state index contributed by atoms with van der Waals surface area (Å²) >= 11 is 0. The van der Waals surface area contributed by atoms with Crippen LogP contribution in [0.1, 0.15) is 28.3 Å². The topological polar surface area (TPSA) is 133 Å². The van der Waals surface area contributed by atoms with Crippen LogP contribution in [0.2, 0.25) is 0 Å². The summed E-state index contributed by atoms with van der Waals surface area (Å²) in [4.78, 5) is 45.5. The van der Waals surface area contributed by atoms with Gasteiger partial charge >= 0.3 is 0 Å². The molecule has 0 saturated carbocycles. The highest BCUT2D eigenvalue weighted by molar-refractivity contribution is 6.38. The van der Waals surface area contributed by atoms with Gasteiger partial charge in [-0.05, 0) is 43.5 Å². The maximum atomic E-state index is 13.0. The second-order valence-electron chi connectivity index (χ2n) is 7.26. The molecule has 32 heavy (non-hydrogen) atoms. The summed E-state index contributed by atoms with van der Waals surface area (Å²) in [6.07, 6.45) is 5.19. The standard InChI is InChI=1S/C23H21N5O4/c1-14-26-12-18(28(14)20-8-4-5-11-25-20)23(31)27-17(21(29)22(24)30)10-9-15-13-32-19-7-3-2-6-16(15)19/h2-8,11-13,17H,9-10H2,1H3,(H2,24,30)(H,27,31). The Balaban J connectivity index is 1.57. The van der Waals surface area contributed by atoms with Gasteiger partial charge in [0, 0.05) is 11.6 Å². The fourth-order valence-corrected chi connectivity index (χ4v) is 3.58. The first-order valence-corrected chi connectivity index (χ1v) is 10.0. The number of nitrogens with one attached hydrogen (secondary N) is 1. The molecule has 1 atom stereocenters. The van der Waals surface area contributed by atoms with Gasteiger partial charge in [0.1, 0.15) is 22.9 Å². The second kappa shape index (κ2) is 8.84. The molecule has 0 aliphatic rings. The van der Waals surface area contributed by atoms with Gasteiger partial charge in [0.25, 0.3) is 11.8 Å². The number of carbonyl (C=O) groups is 3. The van der Waals surface area contributed by atoms with Crippen molar-refractivity contribution in [3.8, 4) is 5.82 Å². The van der Waals surface area contributed by atoms with Crippen LogP contribution in [0.4, 0.5) is 0 Å². The zero-order chi connectivity index (χ0) is 22.7. The van der Waals surface area contributed by atoms with E-state index in [0.29, 0.717) is 18.1 Å². The molecule has 1 aromatic carbocycles. The van der Waals surface area contributed by atoms with E-state index >= 15 is 0 Å². The molecule has 162 valence electrons. The lowest BCUT2D eigenvalue weighted by Crippen LogP contribution is -2.46. The van der Waals surface area contributed by atoms with Crippen molar-refractivity contribution < 1.29 is 18.8 Å². The minimum absolute atomic E-state index is 0.174. The third-order valence-electron chi connectivity index (χ3n) is 5.18. The van der Waals surface area contributed by atoms with Crippen LogP contribution in [0.25, 0.3) is 16.8 Å². The maximum Gasteiger partial charge on any atom is 0.287 e. The number of primary amides is 1. The van der Waals surface area contributed by atoms with Gasteiger partial charge < -0.3 is 15.5 Å². The Morgan fingerprint density at radius 2 is 1.91 bits per heavy atom. The van der Waals surface area contributed by atoms with Gasteiger partial charge in [-0.1, -0.05) is 24.3 Å². The van der Waals surface area contributed by atoms with E-state index in [1.165, 1.54) is 6.20 Å². The molecule has 4 aromatic rings. The molecular weight excluding hydrogens is 410 g/mol. The summed E-state index contributed by atoms with van der Waals surface area (Å²) in [7, 11) is 0. The Hall–Kier alpha value is -4.27. The molecule has 0 saturated heterocycles. The molecule has 0 aliphatic carbocycles. The molecular formula is C23H21N5O4. The zero-order valence-electron chi connectivity index (χ0n) is 17.3. The number of hydrogen-bond donors (Lipinski definition) is 2. The number of ketones is 1. The molecule has 3 heterocycles. The van der Waals surface area contributed by atoms with Crippen molar-refractivity contribution in [1.29, 1.82) is 0 Å². The van der Waals surface area contributed by atoms with Gasteiger partial charge in [0.2, 0.25) is 5.78 Å². The van der Waals surface area contributed by atoms with Gasteiger partial charge in [0.05, 0.1) is 18.5 Å². The van der Waals surface area contributed by atoms with E-state index in [9.17, 15) is 14.4 Å². The van der Waals surface area contributed by atoms with Crippen LogP contribution in [-0.2, 0) is 16.0 Å². The number of aryl methyl sites for hydroxylation is 2. The fraction of sp³-hybridized carbons (Fsp3) is 0.174. The Morgan fingerprint density at radius 1 is 1.12 bits per heavy atom. The van der Waals surface area contributed by atoms with Crippen molar-refractivity contribution in [1.82, 2.24) is 19.9 Å². The molecule has 0 bridgehead atoms. The van der Waals surface area contributed by atoms with Gasteiger partial charge in [0.15, 0.2) is 0 Å². The number of nitrogens with two attached hydrogens (primary N) is 1. The van der Waals surface area contributed by atoms with Crippen LogP contribution >= 0.6 is 0 Å². The van der Waals surface area contributed by atoms with E-state index in [-0.39, 0.29) is 12.1 Å². The molecule has 0 spiro atoms. The predicted octanol–water partition coefficient (Wildman–Crippen LogP) is 2.11.